The molecule has 0 aromatic heterocycles. The maximum atomic E-state index is 12.5. The zero-order valence-electron chi connectivity index (χ0n) is 14.3. The maximum absolute atomic E-state index is 12.5. The van der Waals surface area contributed by atoms with Crippen molar-refractivity contribution in [2.24, 2.45) is 11.3 Å². The molecule has 4 nitrogen and oxygen atoms in total. The molecule has 1 heterocycles. The average Bonchev–Trinajstić information content (AvgIpc) is 2.97. The molecule has 0 radical (unpaired) electrons. The van der Waals surface area contributed by atoms with Crippen LogP contribution in [0.4, 0.5) is 5.69 Å². The Labute approximate surface area is 139 Å². The van der Waals surface area contributed by atoms with Gasteiger partial charge in [-0.15, -0.1) is 0 Å². The second-order valence-corrected chi connectivity index (χ2v) is 7.22. The van der Waals surface area contributed by atoms with Gasteiger partial charge in [0, 0.05) is 32.4 Å². The Balaban J connectivity index is 1.49. The number of anilines is 1. The van der Waals surface area contributed by atoms with E-state index in [1.807, 2.05) is 0 Å². The highest BCUT2D eigenvalue weighted by Crippen LogP contribution is 2.41. The normalized spacial score (nSPS) is 22.7. The number of methoxy groups -OCH3 is 1. The predicted molar refractivity (Wildman–Crippen MR) is 92.7 cm³/mol. The summed E-state index contributed by atoms with van der Waals surface area (Å²) in [6.07, 6.45) is 4.21. The SMILES string of the molecule is COCC1(C(=O)NCC2CCN(c3cccc(C)c3)C2)CCC1. The lowest BCUT2D eigenvalue weighted by molar-refractivity contribution is -0.140. The van der Waals surface area contributed by atoms with Crippen LogP contribution in [0.2, 0.25) is 0 Å². The van der Waals surface area contributed by atoms with Gasteiger partial charge in [-0.05, 0) is 49.8 Å². The van der Waals surface area contributed by atoms with E-state index in [9.17, 15) is 4.79 Å². The van der Waals surface area contributed by atoms with E-state index in [2.05, 4.69) is 41.4 Å². The highest BCUT2D eigenvalue weighted by molar-refractivity contribution is 5.83. The highest BCUT2D eigenvalue weighted by atomic mass is 16.5. The number of carbonyl (C=O) groups is 1. The smallest absolute Gasteiger partial charge is 0.228 e. The average molecular weight is 316 g/mol. The van der Waals surface area contributed by atoms with Crippen molar-refractivity contribution in [3.63, 3.8) is 0 Å². The molecule has 4 heteroatoms. The summed E-state index contributed by atoms with van der Waals surface area (Å²) >= 11 is 0. The minimum atomic E-state index is -0.246. The number of rotatable bonds is 6. The molecule has 1 N–H and O–H groups in total. The Bertz CT molecular complexity index is 554. The van der Waals surface area contributed by atoms with Crippen molar-refractivity contribution in [3.8, 4) is 0 Å². The molecule has 23 heavy (non-hydrogen) atoms. The van der Waals surface area contributed by atoms with E-state index < -0.39 is 0 Å². The van der Waals surface area contributed by atoms with E-state index in [-0.39, 0.29) is 11.3 Å². The molecule has 0 spiro atoms. The molecule has 2 aliphatic rings. The quantitative estimate of drug-likeness (QED) is 0.877. The third-order valence-electron chi connectivity index (χ3n) is 5.42. The third-order valence-corrected chi connectivity index (χ3v) is 5.42. The number of hydrogen-bond donors (Lipinski definition) is 1. The molecule has 1 amide bonds. The van der Waals surface area contributed by atoms with Crippen molar-refractivity contribution < 1.29 is 9.53 Å². The topological polar surface area (TPSA) is 41.6 Å². The van der Waals surface area contributed by atoms with Crippen molar-refractivity contribution in [2.45, 2.75) is 32.6 Å². The summed E-state index contributed by atoms with van der Waals surface area (Å²) < 4.78 is 5.26. The van der Waals surface area contributed by atoms with Gasteiger partial charge in [-0.25, -0.2) is 0 Å². The van der Waals surface area contributed by atoms with Gasteiger partial charge in [0.15, 0.2) is 0 Å². The van der Waals surface area contributed by atoms with E-state index >= 15 is 0 Å². The Kier molecular flexibility index (Phi) is 4.90. The second kappa shape index (κ2) is 6.91. The van der Waals surface area contributed by atoms with E-state index in [0.29, 0.717) is 12.5 Å². The molecule has 2 fully saturated rings. The van der Waals surface area contributed by atoms with Crippen molar-refractivity contribution in [1.29, 1.82) is 0 Å². The Morgan fingerprint density at radius 3 is 2.91 bits per heavy atom. The third kappa shape index (κ3) is 3.52. The Morgan fingerprint density at radius 2 is 2.26 bits per heavy atom. The molecule has 1 saturated heterocycles. The van der Waals surface area contributed by atoms with Gasteiger partial charge in [-0.3, -0.25) is 4.79 Å². The van der Waals surface area contributed by atoms with E-state index in [0.717, 1.165) is 45.3 Å². The van der Waals surface area contributed by atoms with Crippen LogP contribution in [0.25, 0.3) is 0 Å². The number of amides is 1. The van der Waals surface area contributed by atoms with Crippen LogP contribution in [0.15, 0.2) is 24.3 Å². The first-order valence-electron chi connectivity index (χ1n) is 8.72. The van der Waals surface area contributed by atoms with Crippen LogP contribution in [0.1, 0.15) is 31.2 Å². The minimum Gasteiger partial charge on any atom is -0.384 e. The number of benzene rings is 1. The summed E-state index contributed by atoms with van der Waals surface area (Å²) in [5.74, 6) is 0.735. The summed E-state index contributed by atoms with van der Waals surface area (Å²) in [6, 6.07) is 8.66. The molecule has 126 valence electrons. The van der Waals surface area contributed by atoms with Gasteiger partial charge in [0.25, 0.3) is 0 Å². The van der Waals surface area contributed by atoms with E-state index in [4.69, 9.17) is 4.74 Å². The lowest BCUT2D eigenvalue weighted by atomic mass is 9.68. The highest BCUT2D eigenvalue weighted by Gasteiger charge is 2.44. The molecule has 1 aliphatic heterocycles. The molecule has 0 bridgehead atoms. The summed E-state index contributed by atoms with van der Waals surface area (Å²) in [6.45, 7) is 5.57. The van der Waals surface area contributed by atoms with E-state index in [1.165, 1.54) is 11.3 Å². The first-order chi connectivity index (χ1) is 11.1. The van der Waals surface area contributed by atoms with Crippen LogP contribution < -0.4 is 10.2 Å². The van der Waals surface area contributed by atoms with Crippen LogP contribution >= 0.6 is 0 Å². The first kappa shape index (κ1) is 16.3. The van der Waals surface area contributed by atoms with Crippen LogP contribution in [-0.2, 0) is 9.53 Å². The number of aryl methyl sites for hydroxylation is 1. The second-order valence-electron chi connectivity index (χ2n) is 7.22. The number of nitrogens with zero attached hydrogens (tertiary/aromatic N) is 1. The first-order valence-corrected chi connectivity index (χ1v) is 8.72. The fourth-order valence-electron chi connectivity index (χ4n) is 3.80. The van der Waals surface area contributed by atoms with Crippen molar-refractivity contribution in [2.75, 3.05) is 38.3 Å². The van der Waals surface area contributed by atoms with Crippen LogP contribution in [0.5, 0.6) is 0 Å². The molecular weight excluding hydrogens is 288 g/mol. The van der Waals surface area contributed by atoms with Crippen molar-refractivity contribution in [3.05, 3.63) is 29.8 Å². The number of hydrogen-bond acceptors (Lipinski definition) is 3. The van der Waals surface area contributed by atoms with Crippen LogP contribution in [0, 0.1) is 18.3 Å². The van der Waals surface area contributed by atoms with Crippen molar-refractivity contribution in [1.82, 2.24) is 5.32 Å². The number of ether oxygens (including phenoxy) is 1. The molecule has 1 saturated carbocycles. The number of nitrogens with one attached hydrogen (secondary N) is 1. The monoisotopic (exact) mass is 316 g/mol. The molecular formula is C19H28N2O2. The zero-order chi connectivity index (χ0) is 16.3. The Morgan fingerprint density at radius 1 is 1.43 bits per heavy atom. The van der Waals surface area contributed by atoms with Crippen LogP contribution in [0.3, 0.4) is 0 Å². The molecule has 1 aliphatic carbocycles. The standard InChI is InChI=1S/C19H28N2O2/c1-15-5-3-6-17(11-15)21-10-7-16(13-21)12-20-18(22)19(14-23-2)8-4-9-19/h3,5-6,11,16H,4,7-10,12-14H2,1-2H3,(H,20,22). The van der Waals surface area contributed by atoms with Gasteiger partial charge >= 0.3 is 0 Å². The number of carbonyl (C=O) groups excluding carboxylic acids is 1. The lowest BCUT2D eigenvalue weighted by Gasteiger charge is -2.39. The van der Waals surface area contributed by atoms with Gasteiger partial charge in [-0.2, -0.15) is 0 Å². The fourth-order valence-corrected chi connectivity index (χ4v) is 3.80. The van der Waals surface area contributed by atoms with Crippen molar-refractivity contribution >= 4 is 11.6 Å². The van der Waals surface area contributed by atoms with Crippen LogP contribution in [-0.4, -0.2) is 39.3 Å². The summed E-state index contributed by atoms with van der Waals surface area (Å²) in [7, 11) is 1.68. The van der Waals surface area contributed by atoms with Gasteiger partial charge < -0.3 is 15.0 Å². The molecule has 1 unspecified atom stereocenters. The van der Waals surface area contributed by atoms with E-state index in [1.54, 1.807) is 7.11 Å². The Hall–Kier alpha value is -1.55. The predicted octanol–water partition coefficient (Wildman–Crippen LogP) is 2.75. The summed E-state index contributed by atoms with van der Waals surface area (Å²) in [5.41, 5.74) is 2.35. The summed E-state index contributed by atoms with van der Waals surface area (Å²) in [5, 5.41) is 3.19. The molecule has 1 aromatic rings. The molecule has 3 rings (SSSR count). The van der Waals surface area contributed by atoms with Gasteiger partial charge in [0.1, 0.15) is 0 Å². The molecule has 1 aromatic carbocycles. The molecule has 1 atom stereocenters. The van der Waals surface area contributed by atoms with Gasteiger partial charge in [-0.1, -0.05) is 18.6 Å². The lowest BCUT2D eigenvalue weighted by Crippen LogP contribution is -2.49. The maximum Gasteiger partial charge on any atom is 0.228 e. The summed E-state index contributed by atoms with van der Waals surface area (Å²) in [4.78, 5) is 14.9. The van der Waals surface area contributed by atoms with Gasteiger partial charge in [0.05, 0.1) is 12.0 Å². The van der Waals surface area contributed by atoms with Gasteiger partial charge in [0.2, 0.25) is 5.91 Å². The zero-order valence-corrected chi connectivity index (χ0v) is 14.3. The fraction of sp³-hybridized carbons (Fsp3) is 0.632. The minimum absolute atomic E-state index is 0.194. The largest absolute Gasteiger partial charge is 0.384 e.